The molecule has 1 aromatic heterocycles. The normalized spacial score (nSPS) is 11.4. The van der Waals surface area contributed by atoms with Crippen LogP contribution in [-0.4, -0.2) is 30.9 Å². The Hall–Kier alpha value is -2.67. The van der Waals surface area contributed by atoms with Gasteiger partial charge in [0, 0.05) is 6.92 Å². The number of ether oxygens (including phenoxy) is 1. The first-order chi connectivity index (χ1) is 11.0. The quantitative estimate of drug-likeness (QED) is 0.482. The zero-order valence-electron chi connectivity index (χ0n) is 12.7. The molecule has 1 aromatic carbocycles. The van der Waals surface area contributed by atoms with E-state index in [1.165, 1.54) is 25.4 Å². The Balaban J connectivity index is 2.30. The first-order valence-electron chi connectivity index (χ1n) is 6.81. The van der Waals surface area contributed by atoms with Gasteiger partial charge in [-0.1, -0.05) is 18.2 Å². The van der Waals surface area contributed by atoms with Crippen molar-refractivity contribution in [2.75, 3.05) is 12.4 Å². The van der Waals surface area contributed by atoms with Gasteiger partial charge in [-0.2, -0.15) is 0 Å². The van der Waals surface area contributed by atoms with E-state index in [0.29, 0.717) is 10.6 Å². The molecule has 1 amide bonds. The number of ketones is 1. The van der Waals surface area contributed by atoms with Gasteiger partial charge >= 0.3 is 5.97 Å². The van der Waals surface area contributed by atoms with Crippen molar-refractivity contribution in [3.63, 3.8) is 0 Å². The van der Waals surface area contributed by atoms with Gasteiger partial charge in [-0.25, -0.2) is 4.79 Å². The van der Waals surface area contributed by atoms with Crippen LogP contribution in [0.1, 0.15) is 27.0 Å². The molecule has 2 N–H and O–H groups in total. The number of rotatable bonds is 6. The van der Waals surface area contributed by atoms with Crippen LogP contribution in [-0.2, 0) is 9.53 Å². The average molecular weight is 332 g/mol. The van der Waals surface area contributed by atoms with E-state index in [9.17, 15) is 14.4 Å². The van der Waals surface area contributed by atoms with Crippen molar-refractivity contribution < 1.29 is 19.1 Å². The Morgan fingerprint density at radius 3 is 2.48 bits per heavy atom. The molecule has 0 fully saturated rings. The number of carbonyl (C=O) groups is 3. The fourth-order valence-electron chi connectivity index (χ4n) is 1.98. The van der Waals surface area contributed by atoms with Gasteiger partial charge in [0.05, 0.1) is 23.2 Å². The maximum Gasteiger partial charge on any atom is 0.339 e. The number of methoxy groups -OCH3 is 1. The van der Waals surface area contributed by atoms with Gasteiger partial charge in [-0.05, 0) is 23.6 Å². The smallest absolute Gasteiger partial charge is 0.339 e. The summed E-state index contributed by atoms with van der Waals surface area (Å²) in [6.07, 6.45) is -0.975. The van der Waals surface area contributed by atoms with E-state index in [2.05, 4.69) is 10.6 Å². The van der Waals surface area contributed by atoms with Crippen LogP contribution in [0.3, 0.4) is 0 Å². The molecule has 0 aliphatic heterocycles. The fraction of sp³-hybridized carbons (Fsp3) is 0.188. The van der Waals surface area contributed by atoms with Gasteiger partial charge in [0.1, 0.15) is 0 Å². The number of Topliss-reactive ketones (excluding diaryl/α,β-unsaturated/α-hetero) is 1. The highest BCUT2D eigenvalue weighted by Gasteiger charge is 2.23. The van der Waals surface area contributed by atoms with E-state index in [0.717, 1.165) is 0 Å². The summed E-state index contributed by atoms with van der Waals surface area (Å²) in [4.78, 5) is 36.2. The molecule has 6 nitrogen and oxygen atoms in total. The third-order valence-corrected chi connectivity index (χ3v) is 3.89. The second-order valence-electron chi connectivity index (χ2n) is 4.66. The summed E-state index contributed by atoms with van der Waals surface area (Å²) >= 11 is 1.28. The van der Waals surface area contributed by atoms with Crippen LogP contribution in [0, 0.1) is 0 Å². The van der Waals surface area contributed by atoms with Crippen molar-refractivity contribution in [2.24, 2.45) is 0 Å². The van der Waals surface area contributed by atoms with E-state index in [1.54, 1.807) is 41.8 Å². The fourth-order valence-corrected chi connectivity index (χ4v) is 2.68. The molecule has 1 heterocycles. The highest BCUT2D eigenvalue weighted by atomic mass is 32.1. The lowest BCUT2D eigenvalue weighted by atomic mass is 10.1. The Morgan fingerprint density at radius 2 is 1.87 bits per heavy atom. The molecule has 0 aliphatic rings. The van der Waals surface area contributed by atoms with Crippen molar-refractivity contribution in [1.82, 2.24) is 5.32 Å². The molecule has 0 saturated carbocycles. The van der Waals surface area contributed by atoms with Crippen molar-refractivity contribution in [3.05, 3.63) is 52.2 Å². The number of anilines is 1. The van der Waals surface area contributed by atoms with Crippen molar-refractivity contribution in [1.29, 1.82) is 0 Å². The molecule has 0 unspecified atom stereocenters. The number of carbonyl (C=O) groups excluding carboxylic acids is 3. The van der Waals surface area contributed by atoms with Crippen LogP contribution in [0.15, 0.2) is 41.8 Å². The van der Waals surface area contributed by atoms with Crippen LogP contribution in [0.5, 0.6) is 0 Å². The third-order valence-electron chi connectivity index (χ3n) is 3.01. The summed E-state index contributed by atoms with van der Waals surface area (Å²) in [6.45, 7) is 1.32. The van der Waals surface area contributed by atoms with E-state index < -0.39 is 12.1 Å². The van der Waals surface area contributed by atoms with Gasteiger partial charge in [0.2, 0.25) is 11.7 Å². The maximum absolute atomic E-state index is 12.5. The van der Waals surface area contributed by atoms with Gasteiger partial charge < -0.3 is 15.4 Å². The first-order valence-corrected chi connectivity index (χ1v) is 7.69. The Morgan fingerprint density at radius 1 is 1.13 bits per heavy atom. The molecule has 2 aromatic rings. The second-order valence-corrected chi connectivity index (χ2v) is 5.60. The predicted molar refractivity (Wildman–Crippen MR) is 87.7 cm³/mol. The number of amides is 1. The maximum atomic E-state index is 12.5. The number of thiophene rings is 1. The number of hydrogen-bond donors (Lipinski definition) is 2. The summed E-state index contributed by atoms with van der Waals surface area (Å²) in [7, 11) is 1.28. The number of hydrogen-bond acceptors (Lipinski definition) is 6. The molecule has 7 heteroatoms. The minimum absolute atomic E-state index is 0.282. The Kier molecular flexibility index (Phi) is 5.48. The zero-order valence-corrected chi connectivity index (χ0v) is 13.5. The Bertz CT molecular complexity index is 713. The summed E-state index contributed by atoms with van der Waals surface area (Å²) < 4.78 is 4.72. The van der Waals surface area contributed by atoms with Crippen molar-refractivity contribution in [2.45, 2.75) is 13.1 Å². The van der Waals surface area contributed by atoms with Crippen LogP contribution < -0.4 is 10.6 Å². The monoisotopic (exact) mass is 332 g/mol. The standard InChI is InChI=1S/C16H16N2O4S/c1-10(19)17-15(14(20)13-8-5-9-23-13)18-12-7-4-3-6-11(12)16(21)22-2/h3-9,15,18H,1-2H3,(H,17,19)/t15-/m0/s1. The lowest BCUT2D eigenvalue weighted by molar-refractivity contribution is -0.119. The molecule has 0 spiro atoms. The SMILES string of the molecule is COC(=O)c1ccccc1N[C@H](NC(C)=O)C(=O)c1cccs1. The summed E-state index contributed by atoms with van der Waals surface area (Å²) in [5, 5.41) is 7.24. The van der Waals surface area contributed by atoms with E-state index in [1.807, 2.05) is 0 Å². The Labute approximate surface area is 137 Å². The summed E-state index contributed by atoms with van der Waals surface area (Å²) in [5.74, 6) is -1.17. The predicted octanol–water partition coefficient (Wildman–Crippen LogP) is 2.29. The van der Waals surface area contributed by atoms with Crippen molar-refractivity contribution in [3.8, 4) is 0 Å². The molecule has 0 aliphatic carbocycles. The molecule has 0 bridgehead atoms. The summed E-state index contributed by atoms with van der Waals surface area (Å²) in [6, 6.07) is 10.1. The van der Waals surface area contributed by atoms with Crippen molar-refractivity contribution >= 4 is 34.7 Å². The molecule has 0 radical (unpaired) electrons. The number of para-hydroxylation sites is 1. The van der Waals surface area contributed by atoms with Gasteiger partial charge in [-0.15, -0.1) is 11.3 Å². The average Bonchev–Trinajstić information content (AvgIpc) is 3.07. The van der Waals surface area contributed by atoms with E-state index >= 15 is 0 Å². The molecule has 2 rings (SSSR count). The van der Waals surface area contributed by atoms with Crippen LogP contribution in [0.2, 0.25) is 0 Å². The van der Waals surface area contributed by atoms with E-state index in [4.69, 9.17) is 4.74 Å². The molecular formula is C16H16N2O4S. The lowest BCUT2D eigenvalue weighted by Crippen LogP contribution is -2.45. The van der Waals surface area contributed by atoms with Crippen LogP contribution in [0.25, 0.3) is 0 Å². The second kappa shape index (κ2) is 7.55. The number of nitrogens with one attached hydrogen (secondary N) is 2. The summed E-state index contributed by atoms with van der Waals surface area (Å²) in [5.41, 5.74) is 0.687. The minimum Gasteiger partial charge on any atom is -0.465 e. The topological polar surface area (TPSA) is 84.5 Å². The molecule has 1 atom stereocenters. The lowest BCUT2D eigenvalue weighted by Gasteiger charge is -2.20. The highest BCUT2D eigenvalue weighted by molar-refractivity contribution is 7.12. The van der Waals surface area contributed by atoms with E-state index in [-0.39, 0.29) is 17.3 Å². The minimum atomic E-state index is -0.975. The molecular weight excluding hydrogens is 316 g/mol. The van der Waals surface area contributed by atoms with Gasteiger partial charge in [0.15, 0.2) is 6.17 Å². The highest BCUT2D eigenvalue weighted by Crippen LogP contribution is 2.19. The largest absolute Gasteiger partial charge is 0.465 e. The molecule has 120 valence electrons. The first kappa shape index (κ1) is 16.7. The van der Waals surface area contributed by atoms with Crippen LogP contribution >= 0.6 is 11.3 Å². The van der Waals surface area contributed by atoms with Crippen LogP contribution in [0.4, 0.5) is 5.69 Å². The van der Waals surface area contributed by atoms with Gasteiger partial charge in [0.25, 0.3) is 0 Å². The molecule has 0 saturated heterocycles. The zero-order chi connectivity index (χ0) is 16.8. The number of esters is 1. The molecule has 23 heavy (non-hydrogen) atoms. The number of benzene rings is 1. The third kappa shape index (κ3) is 4.17. The van der Waals surface area contributed by atoms with Gasteiger partial charge in [-0.3, -0.25) is 9.59 Å².